The van der Waals surface area contributed by atoms with Crippen molar-refractivity contribution in [3.05, 3.63) is 16.9 Å². The Morgan fingerprint density at radius 3 is 2.62 bits per heavy atom. The summed E-state index contributed by atoms with van der Waals surface area (Å²) < 4.78 is 0. The van der Waals surface area contributed by atoms with Gasteiger partial charge in [-0.3, -0.25) is 0 Å². The van der Waals surface area contributed by atoms with Crippen molar-refractivity contribution in [2.24, 2.45) is 0 Å². The quantitative estimate of drug-likeness (QED) is 0.726. The Morgan fingerprint density at radius 2 is 2.15 bits per heavy atom. The van der Waals surface area contributed by atoms with E-state index in [4.69, 9.17) is 5.73 Å². The predicted molar refractivity (Wildman–Crippen MR) is 53.6 cm³/mol. The van der Waals surface area contributed by atoms with Gasteiger partial charge in [-0.15, -0.1) is 11.3 Å². The molecule has 0 amide bonds. The minimum Gasteiger partial charge on any atom is -0.375 e. The first-order valence-electron chi connectivity index (χ1n) is 3.91. The van der Waals surface area contributed by atoms with Gasteiger partial charge in [-0.05, 0) is 13.8 Å². The van der Waals surface area contributed by atoms with Crippen LogP contribution in [-0.2, 0) is 0 Å². The molecule has 0 aliphatic heterocycles. The Hall–Kier alpha value is -1.36. The van der Waals surface area contributed by atoms with Crippen molar-refractivity contribution in [3.8, 4) is 11.4 Å². The van der Waals surface area contributed by atoms with Crippen LogP contribution in [0.2, 0.25) is 0 Å². The van der Waals surface area contributed by atoms with Crippen LogP contribution in [0.1, 0.15) is 11.5 Å². The van der Waals surface area contributed by atoms with Gasteiger partial charge in [0.2, 0.25) is 0 Å². The first-order valence-corrected chi connectivity index (χ1v) is 4.79. The smallest absolute Gasteiger partial charge is 0.180 e. The molecular formula is C8H10N4S. The number of nitrogens with two attached hydrogens (primary N) is 1. The number of aromatic amines is 1. The van der Waals surface area contributed by atoms with Crippen molar-refractivity contribution in [3.63, 3.8) is 0 Å². The summed E-state index contributed by atoms with van der Waals surface area (Å²) in [6.45, 7) is 3.90. The summed E-state index contributed by atoms with van der Waals surface area (Å²) in [5.41, 5.74) is 8.32. The number of aryl methyl sites for hydroxylation is 2. The van der Waals surface area contributed by atoms with E-state index in [1.807, 2.05) is 19.2 Å². The second-order valence-electron chi connectivity index (χ2n) is 2.87. The Kier molecular flexibility index (Phi) is 1.81. The zero-order valence-corrected chi connectivity index (χ0v) is 8.27. The number of rotatable bonds is 1. The summed E-state index contributed by atoms with van der Waals surface area (Å²) in [7, 11) is 0. The molecule has 2 rings (SSSR count). The van der Waals surface area contributed by atoms with E-state index in [9.17, 15) is 0 Å². The Balaban J connectivity index is 2.51. The number of hydrogen-bond acceptors (Lipinski definition) is 4. The normalized spacial score (nSPS) is 10.6. The van der Waals surface area contributed by atoms with Gasteiger partial charge in [0.15, 0.2) is 5.13 Å². The number of thiazole rings is 1. The third kappa shape index (κ3) is 1.42. The third-order valence-corrected chi connectivity index (χ3v) is 2.44. The maximum atomic E-state index is 5.54. The van der Waals surface area contributed by atoms with Crippen LogP contribution in [0.4, 0.5) is 5.13 Å². The highest BCUT2D eigenvalue weighted by Gasteiger charge is 2.09. The van der Waals surface area contributed by atoms with E-state index in [-0.39, 0.29) is 0 Å². The predicted octanol–water partition coefficient (Wildman–Crippen LogP) is 1.73. The lowest BCUT2D eigenvalue weighted by Gasteiger charge is -1.89. The van der Waals surface area contributed by atoms with E-state index >= 15 is 0 Å². The fraction of sp³-hybridized carbons (Fsp3) is 0.250. The summed E-state index contributed by atoms with van der Waals surface area (Å²) in [6, 6.07) is 0. The molecule has 0 unspecified atom stereocenters. The molecule has 0 bridgehead atoms. The van der Waals surface area contributed by atoms with Crippen molar-refractivity contribution in [2.45, 2.75) is 13.8 Å². The molecule has 0 aliphatic carbocycles. The minimum absolute atomic E-state index is 0.579. The van der Waals surface area contributed by atoms with Crippen LogP contribution >= 0.6 is 11.3 Å². The first kappa shape index (κ1) is 8.25. The van der Waals surface area contributed by atoms with Crippen LogP contribution in [0.15, 0.2) is 5.38 Å². The van der Waals surface area contributed by atoms with Crippen LogP contribution < -0.4 is 5.73 Å². The third-order valence-electron chi connectivity index (χ3n) is 1.77. The monoisotopic (exact) mass is 194 g/mol. The highest BCUT2D eigenvalue weighted by molar-refractivity contribution is 7.13. The molecule has 13 heavy (non-hydrogen) atoms. The van der Waals surface area contributed by atoms with Crippen LogP contribution in [0.25, 0.3) is 11.4 Å². The highest BCUT2D eigenvalue weighted by atomic mass is 32.1. The van der Waals surface area contributed by atoms with Crippen molar-refractivity contribution in [2.75, 3.05) is 5.73 Å². The molecule has 2 heterocycles. The fourth-order valence-corrected chi connectivity index (χ4v) is 1.80. The van der Waals surface area contributed by atoms with Gasteiger partial charge in [-0.2, -0.15) is 0 Å². The molecule has 0 aliphatic rings. The average Bonchev–Trinajstić information content (AvgIpc) is 2.58. The molecule has 0 radical (unpaired) electrons. The lowest BCUT2D eigenvalue weighted by atomic mass is 10.3. The number of imidazole rings is 1. The first-order chi connectivity index (χ1) is 6.16. The van der Waals surface area contributed by atoms with E-state index in [0.29, 0.717) is 5.13 Å². The fourth-order valence-electron chi connectivity index (χ4n) is 1.26. The molecule has 0 saturated heterocycles. The lowest BCUT2D eigenvalue weighted by molar-refractivity contribution is 1.13. The van der Waals surface area contributed by atoms with E-state index in [0.717, 1.165) is 22.9 Å². The number of nitrogens with one attached hydrogen (secondary N) is 1. The molecule has 0 atom stereocenters. The van der Waals surface area contributed by atoms with Crippen LogP contribution in [-0.4, -0.2) is 15.0 Å². The summed E-state index contributed by atoms with van der Waals surface area (Å²) in [5.74, 6) is 0.902. The van der Waals surface area contributed by atoms with Gasteiger partial charge in [-0.25, -0.2) is 9.97 Å². The number of hydrogen-bond donors (Lipinski definition) is 2. The van der Waals surface area contributed by atoms with Crippen LogP contribution in [0.5, 0.6) is 0 Å². The average molecular weight is 194 g/mol. The number of nitrogen functional groups attached to an aromatic ring is 1. The van der Waals surface area contributed by atoms with Gasteiger partial charge in [-0.1, -0.05) is 0 Å². The molecule has 2 aromatic heterocycles. The molecule has 0 saturated carbocycles. The van der Waals surface area contributed by atoms with Gasteiger partial charge in [0.05, 0.1) is 0 Å². The van der Waals surface area contributed by atoms with Crippen molar-refractivity contribution in [1.82, 2.24) is 15.0 Å². The molecular weight excluding hydrogens is 184 g/mol. The molecule has 2 aromatic rings. The summed E-state index contributed by atoms with van der Waals surface area (Å²) >= 11 is 1.43. The van der Waals surface area contributed by atoms with E-state index in [1.54, 1.807) is 0 Å². The second kappa shape index (κ2) is 2.85. The van der Waals surface area contributed by atoms with E-state index < -0.39 is 0 Å². The van der Waals surface area contributed by atoms with E-state index in [2.05, 4.69) is 15.0 Å². The lowest BCUT2D eigenvalue weighted by Crippen LogP contribution is -1.84. The van der Waals surface area contributed by atoms with Crippen LogP contribution in [0, 0.1) is 13.8 Å². The van der Waals surface area contributed by atoms with Gasteiger partial charge in [0.1, 0.15) is 17.2 Å². The van der Waals surface area contributed by atoms with Crippen molar-refractivity contribution in [1.29, 1.82) is 0 Å². The molecule has 5 heteroatoms. The number of aromatic nitrogens is 3. The number of H-pyrrole nitrogens is 1. The largest absolute Gasteiger partial charge is 0.375 e. The summed E-state index contributed by atoms with van der Waals surface area (Å²) in [4.78, 5) is 11.6. The number of nitrogens with zero attached hydrogens (tertiary/aromatic N) is 2. The highest BCUT2D eigenvalue weighted by Crippen LogP contribution is 2.23. The van der Waals surface area contributed by atoms with Crippen molar-refractivity contribution < 1.29 is 0 Å². The second-order valence-corrected chi connectivity index (χ2v) is 3.76. The molecule has 0 aromatic carbocycles. The Labute approximate surface area is 79.8 Å². The molecule has 0 fully saturated rings. The van der Waals surface area contributed by atoms with Gasteiger partial charge in [0, 0.05) is 11.1 Å². The maximum Gasteiger partial charge on any atom is 0.180 e. The molecule has 0 spiro atoms. The topological polar surface area (TPSA) is 67.6 Å². The standard InChI is InChI=1S/C8H10N4S/c1-4-7(11-5(2)10-4)6-3-13-8(9)12-6/h3H,1-2H3,(H2,9,12)(H,10,11). The van der Waals surface area contributed by atoms with Crippen molar-refractivity contribution >= 4 is 16.5 Å². The molecule has 68 valence electrons. The number of anilines is 1. The Bertz CT molecular complexity index is 429. The summed E-state index contributed by atoms with van der Waals surface area (Å²) in [6.07, 6.45) is 0. The van der Waals surface area contributed by atoms with Crippen LogP contribution in [0.3, 0.4) is 0 Å². The molecule has 3 N–H and O–H groups in total. The SMILES string of the molecule is Cc1nc(-c2csc(N)n2)c(C)[nH]1. The Morgan fingerprint density at radius 1 is 1.38 bits per heavy atom. The zero-order chi connectivity index (χ0) is 9.42. The minimum atomic E-state index is 0.579. The van der Waals surface area contributed by atoms with E-state index in [1.165, 1.54) is 11.3 Å². The maximum absolute atomic E-state index is 5.54. The van der Waals surface area contributed by atoms with Gasteiger partial charge >= 0.3 is 0 Å². The van der Waals surface area contributed by atoms with Gasteiger partial charge < -0.3 is 10.7 Å². The summed E-state index contributed by atoms with van der Waals surface area (Å²) in [5, 5.41) is 2.49. The molecule has 4 nitrogen and oxygen atoms in total. The zero-order valence-electron chi connectivity index (χ0n) is 7.46. The van der Waals surface area contributed by atoms with Gasteiger partial charge in [0.25, 0.3) is 0 Å².